The standard InChI is InChI=1S/C13H11IN4/c14-10-7-17-18(8-10)13-9(5-15)6-16-12-4-2-1-3-11(12)13/h1-4,6-8H,5,15H2. The Morgan fingerprint density at radius 1 is 1.22 bits per heavy atom. The number of aromatic nitrogens is 3. The van der Waals surface area contributed by atoms with Crippen LogP contribution in [-0.4, -0.2) is 14.8 Å². The van der Waals surface area contributed by atoms with E-state index in [1.54, 1.807) is 0 Å². The smallest absolute Gasteiger partial charge is 0.0800 e. The minimum Gasteiger partial charge on any atom is -0.326 e. The van der Waals surface area contributed by atoms with Gasteiger partial charge >= 0.3 is 0 Å². The number of hydrogen-bond donors (Lipinski definition) is 1. The highest BCUT2D eigenvalue weighted by molar-refractivity contribution is 14.1. The van der Waals surface area contributed by atoms with Gasteiger partial charge in [0.05, 0.1) is 21.0 Å². The quantitative estimate of drug-likeness (QED) is 0.723. The predicted octanol–water partition coefficient (Wildman–Crippen LogP) is 2.48. The van der Waals surface area contributed by atoms with Crippen molar-refractivity contribution >= 4 is 33.5 Å². The average Bonchev–Trinajstić information content (AvgIpc) is 2.83. The molecule has 90 valence electrons. The van der Waals surface area contributed by atoms with Gasteiger partial charge in [-0.25, -0.2) is 4.68 Å². The van der Waals surface area contributed by atoms with E-state index < -0.39 is 0 Å². The van der Waals surface area contributed by atoms with Gasteiger partial charge < -0.3 is 5.73 Å². The lowest BCUT2D eigenvalue weighted by molar-refractivity contribution is 0.863. The number of rotatable bonds is 2. The monoisotopic (exact) mass is 350 g/mol. The van der Waals surface area contributed by atoms with Crippen LogP contribution in [0.5, 0.6) is 0 Å². The molecule has 0 aliphatic carbocycles. The minimum atomic E-state index is 0.448. The van der Waals surface area contributed by atoms with Crippen LogP contribution in [0.1, 0.15) is 5.56 Å². The summed E-state index contributed by atoms with van der Waals surface area (Å²) in [6.07, 6.45) is 5.64. The van der Waals surface area contributed by atoms with Crippen molar-refractivity contribution in [2.24, 2.45) is 5.73 Å². The summed E-state index contributed by atoms with van der Waals surface area (Å²) < 4.78 is 2.96. The first-order valence-electron chi connectivity index (χ1n) is 5.57. The molecule has 1 aromatic carbocycles. The Morgan fingerprint density at radius 3 is 2.78 bits per heavy atom. The third kappa shape index (κ3) is 1.89. The normalized spacial score (nSPS) is 11.0. The van der Waals surface area contributed by atoms with Crippen molar-refractivity contribution in [3.8, 4) is 5.69 Å². The van der Waals surface area contributed by atoms with Gasteiger partial charge in [0.15, 0.2) is 0 Å². The third-order valence-electron chi connectivity index (χ3n) is 2.82. The first-order valence-corrected chi connectivity index (χ1v) is 6.64. The second kappa shape index (κ2) is 4.66. The molecule has 0 saturated carbocycles. The number of para-hydroxylation sites is 1. The Labute approximate surface area is 118 Å². The molecule has 5 heteroatoms. The number of halogens is 1. The molecular formula is C13H11IN4. The summed E-state index contributed by atoms with van der Waals surface area (Å²) in [7, 11) is 0. The summed E-state index contributed by atoms with van der Waals surface area (Å²) >= 11 is 2.24. The fourth-order valence-electron chi connectivity index (χ4n) is 2.01. The molecule has 3 aromatic rings. The molecule has 0 spiro atoms. The molecule has 0 bridgehead atoms. The van der Waals surface area contributed by atoms with E-state index >= 15 is 0 Å². The van der Waals surface area contributed by atoms with Crippen LogP contribution in [0.3, 0.4) is 0 Å². The van der Waals surface area contributed by atoms with E-state index in [1.807, 2.05) is 47.5 Å². The lowest BCUT2D eigenvalue weighted by Crippen LogP contribution is -2.06. The number of pyridine rings is 1. The molecule has 0 unspecified atom stereocenters. The predicted molar refractivity (Wildman–Crippen MR) is 79.5 cm³/mol. The number of hydrogen-bond acceptors (Lipinski definition) is 3. The highest BCUT2D eigenvalue weighted by Gasteiger charge is 2.10. The molecule has 4 nitrogen and oxygen atoms in total. The molecule has 2 N–H and O–H groups in total. The summed E-state index contributed by atoms with van der Waals surface area (Å²) in [6, 6.07) is 8.02. The van der Waals surface area contributed by atoms with Crippen molar-refractivity contribution in [2.75, 3.05) is 0 Å². The van der Waals surface area contributed by atoms with Crippen molar-refractivity contribution in [3.05, 3.63) is 52.0 Å². The summed E-state index contributed by atoms with van der Waals surface area (Å²) in [5.74, 6) is 0. The minimum absolute atomic E-state index is 0.448. The number of fused-ring (bicyclic) bond motifs is 1. The maximum atomic E-state index is 5.80. The van der Waals surface area contributed by atoms with Crippen LogP contribution in [0.2, 0.25) is 0 Å². The summed E-state index contributed by atoms with van der Waals surface area (Å²) in [5.41, 5.74) is 8.77. The zero-order chi connectivity index (χ0) is 12.5. The molecule has 0 fully saturated rings. The first-order chi connectivity index (χ1) is 8.79. The highest BCUT2D eigenvalue weighted by atomic mass is 127. The van der Waals surface area contributed by atoms with Gasteiger partial charge in [0.1, 0.15) is 0 Å². The van der Waals surface area contributed by atoms with Crippen molar-refractivity contribution in [1.29, 1.82) is 0 Å². The molecule has 0 atom stereocenters. The topological polar surface area (TPSA) is 56.7 Å². The van der Waals surface area contributed by atoms with Gasteiger partial charge in [-0.2, -0.15) is 5.10 Å². The van der Waals surface area contributed by atoms with Crippen molar-refractivity contribution in [2.45, 2.75) is 6.54 Å². The zero-order valence-electron chi connectivity index (χ0n) is 9.55. The van der Waals surface area contributed by atoms with E-state index in [9.17, 15) is 0 Å². The summed E-state index contributed by atoms with van der Waals surface area (Å²) in [4.78, 5) is 4.42. The number of nitrogens with zero attached hydrogens (tertiary/aromatic N) is 3. The van der Waals surface area contributed by atoms with Crippen LogP contribution in [-0.2, 0) is 6.54 Å². The largest absolute Gasteiger partial charge is 0.326 e. The third-order valence-corrected chi connectivity index (χ3v) is 3.38. The van der Waals surface area contributed by atoms with Gasteiger partial charge in [-0.3, -0.25) is 4.98 Å². The molecule has 2 aromatic heterocycles. The SMILES string of the molecule is NCc1cnc2ccccc2c1-n1cc(I)cn1. The molecule has 2 heterocycles. The molecule has 0 radical (unpaired) electrons. The Balaban J connectivity index is 2.37. The molecule has 0 saturated heterocycles. The Morgan fingerprint density at radius 2 is 2.06 bits per heavy atom. The van der Waals surface area contributed by atoms with Gasteiger partial charge in [0.2, 0.25) is 0 Å². The first kappa shape index (κ1) is 11.6. The van der Waals surface area contributed by atoms with Gasteiger partial charge in [-0.1, -0.05) is 18.2 Å². The van der Waals surface area contributed by atoms with Gasteiger partial charge in [0, 0.05) is 29.9 Å². The maximum Gasteiger partial charge on any atom is 0.0800 e. The average molecular weight is 350 g/mol. The van der Waals surface area contributed by atoms with E-state index in [-0.39, 0.29) is 0 Å². The second-order valence-corrected chi connectivity index (χ2v) is 5.20. The molecule has 3 rings (SSSR count). The van der Waals surface area contributed by atoms with Crippen molar-refractivity contribution in [3.63, 3.8) is 0 Å². The van der Waals surface area contributed by atoms with Crippen molar-refractivity contribution in [1.82, 2.24) is 14.8 Å². The lowest BCUT2D eigenvalue weighted by atomic mass is 10.1. The van der Waals surface area contributed by atoms with Crippen LogP contribution in [0.15, 0.2) is 42.9 Å². The van der Waals surface area contributed by atoms with E-state index in [4.69, 9.17) is 5.73 Å². The number of benzene rings is 1. The Kier molecular flexibility index (Phi) is 3.00. The lowest BCUT2D eigenvalue weighted by Gasteiger charge is -2.11. The molecule has 18 heavy (non-hydrogen) atoms. The van der Waals surface area contributed by atoms with E-state index in [2.05, 4.69) is 32.7 Å². The van der Waals surface area contributed by atoms with Gasteiger partial charge in [0.25, 0.3) is 0 Å². The summed E-state index contributed by atoms with van der Waals surface area (Å²) in [5, 5.41) is 5.44. The Bertz CT molecular complexity index is 705. The van der Waals surface area contributed by atoms with Crippen molar-refractivity contribution < 1.29 is 0 Å². The molecular weight excluding hydrogens is 339 g/mol. The van der Waals surface area contributed by atoms with Crippen LogP contribution in [0.4, 0.5) is 0 Å². The van der Waals surface area contributed by atoms with Crippen LogP contribution in [0, 0.1) is 3.57 Å². The molecule has 0 aliphatic rings. The second-order valence-electron chi connectivity index (χ2n) is 3.96. The van der Waals surface area contributed by atoms with Crippen LogP contribution in [0.25, 0.3) is 16.6 Å². The summed E-state index contributed by atoms with van der Waals surface area (Å²) in [6.45, 7) is 0.448. The zero-order valence-corrected chi connectivity index (χ0v) is 11.7. The van der Waals surface area contributed by atoms with E-state index in [0.29, 0.717) is 6.54 Å². The highest BCUT2D eigenvalue weighted by Crippen LogP contribution is 2.24. The molecule has 0 aliphatic heterocycles. The number of nitrogens with two attached hydrogens (primary N) is 1. The molecule has 0 amide bonds. The van der Waals surface area contributed by atoms with Gasteiger partial charge in [-0.05, 0) is 28.7 Å². The fourth-order valence-corrected chi connectivity index (χ4v) is 2.40. The van der Waals surface area contributed by atoms with Crippen LogP contribution >= 0.6 is 22.6 Å². The van der Waals surface area contributed by atoms with E-state index in [1.165, 1.54) is 0 Å². The maximum absolute atomic E-state index is 5.80. The van der Waals surface area contributed by atoms with E-state index in [0.717, 1.165) is 25.7 Å². The fraction of sp³-hybridized carbons (Fsp3) is 0.0769. The Hall–Kier alpha value is -1.47. The van der Waals surface area contributed by atoms with Crippen LogP contribution < -0.4 is 5.73 Å². The van der Waals surface area contributed by atoms with Gasteiger partial charge in [-0.15, -0.1) is 0 Å².